The summed E-state index contributed by atoms with van der Waals surface area (Å²) in [6.45, 7) is 8.97. The van der Waals surface area contributed by atoms with Gasteiger partial charge in [-0.1, -0.05) is 48.5 Å². The Kier molecular flexibility index (Phi) is 9.17. The second kappa shape index (κ2) is 11.6. The van der Waals surface area contributed by atoms with Gasteiger partial charge in [-0.25, -0.2) is 4.79 Å². The number of para-hydroxylation sites is 1. The molecule has 3 rings (SSSR count). The van der Waals surface area contributed by atoms with Crippen LogP contribution in [0, 0.1) is 0 Å². The fraction of sp³-hybridized carbons (Fsp3) is 0.423. The lowest BCUT2D eigenvalue weighted by Gasteiger charge is -2.28. The van der Waals surface area contributed by atoms with Crippen molar-refractivity contribution in [3.63, 3.8) is 0 Å². The third-order valence-electron chi connectivity index (χ3n) is 5.01. The molecule has 0 aliphatic carbocycles. The number of quaternary nitrogens is 1. The molecule has 0 saturated carbocycles. The van der Waals surface area contributed by atoms with Crippen molar-refractivity contribution in [2.45, 2.75) is 45.8 Å². The van der Waals surface area contributed by atoms with E-state index in [0.29, 0.717) is 11.0 Å². The number of anilines is 1. The lowest BCUT2D eigenvalue weighted by molar-refractivity contribution is -0.890. The molecule has 0 aromatic heterocycles. The van der Waals surface area contributed by atoms with Crippen LogP contribution >= 0.6 is 0 Å². The molecule has 2 aromatic rings. The minimum atomic E-state index is -0.459. The van der Waals surface area contributed by atoms with Crippen molar-refractivity contribution in [3.05, 3.63) is 66.2 Å². The van der Waals surface area contributed by atoms with E-state index in [1.54, 1.807) is 0 Å². The minimum absolute atomic E-state index is 0.0499. The second-order valence-corrected chi connectivity index (χ2v) is 9.49. The smallest absolute Gasteiger partial charge is 0.412 e. The Balaban J connectivity index is 0.000000245. The van der Waals surface area contributed by atoms with E-state index in [1.807, 2.05) is 88.5 Å². The number of rotatable bonds is 5. The molecule has 33 heavy (non-hydrogen) atoms. The van der Waals surface area contributed by atoms with Gasteiger partial charge in [0.1, 0.15) is 18.7 Å². The number of esters is 1. The molecular formula is C26H35N2O5+. The van der Waals surface area contributed by atoms with Crippen molar-refractivity contribution in [1.29, 1.82) is 0 Å². The summed E-state index contributed by atoms with van der Waals surface area (Å²) in [7, 11) is 2.05. The highest BCUT2D eigenvalue weighted by Crippen LogP contribution is 2.20. The van der Waals surface area contributed by atoms with Crippen LogP contribution in [0.3, 0.4) is 0 Å². The summed E-state index contributed by atoms with van der Waals surface area (Å²) in [4.78, 5) is 34.5. The van der Waals surface area contributed by atoms with Crippen molar-refractivity contribution in [1.82, 2.24) is 0 Å². The van der Waals surface area contributed by atoms with E-state index in [2.05, 4.69) is 5.32 Å². The van der Waals surface area contributed by atoms with Gasteiger partial charge in [-0.3, -0.25) is 14.9 Å². The van der Waals surface area contributed by atoms with Crippen molar-refractivity contribution in [2.24, 2.45) is 0 Å². The summed E-state index contributed by atoms with van der Waals surface area (Å²) in [6, 6.07) is 18.5. The first-order valence-electron chi connectivity index (χ1n) is 11.1. The quantitative estimate of drug-likeness (QED) is 0.402. The molecule has 178 valence electrons. The number of nitrogens with zero attached hydrogens (tertiary/aromatic N) is 1. The predicted octanol–water partition coefficient (Wildman–Crippen LogP) is 4.68. The topological polar surface area (TPSA) is 81.7 Å². The summed E-state index contributed by atoms with van der Waals surface area (Å²) in [6.07, 6.45) is 0.354. The van der Waals surface area contributed by atoms with Crippen molar-refractivity contribution in [2.75, 3.05) is 32.0 Å². The van der Waals surface area contributed by atoms with Crippen LogP contribution in [0.4, 0.5) is 10.5 Å². The van der Waals surface area contributed by atoms with E-state index < -0.39 is 11.7 Å². The zero-order valence-electron chi connectivity index (χ0n) is 20.2. The van der Waals surface area contributed by atoms with Crippen LogP contribution < -0.4 is 5.32 Å². The molecule has 1 saturated heterocycles. The number of nitrogens with one attached hydrogen (secondary N) is 1. The number of likely N-dealkylation sites (tertiary alicyclic amines) is 1. The second-order valence-electron chi connectivity index (χ2n) is 9.49. The van der Waals surface area contributed by atoms with Gasteiger partial charge in [-0.15, -0.1) is 0 Å². The van der Waals surface area contributed by atoms with Gasteiger partial charge in [0.15, 0.2) is 6.10 Å². The van der Waals surface area contributed by atoms with Gasteiger partial charge in [0.25, 0.3) is 0 Å². The maximum absolute atomic E-state index is 12.2. The maximum atomic E-state index is 12.2. The third kappa shape index (κ3) is 9.87. The Morgan fingerprint density at radius 1 is 1.00 bits per heavy atom. The summed E-state index contributed by atoms with van der Waals surface area (Å²) in [5, 5.41) is 2.64. The fourth-order valence-corrected chi connectivity index (χ4v) is 3.61. The Bertz CT molecular complexity index is 925. The number of ether oxygens (including phenoxy) is 2. The molecule has 1 unspecified atom stereocenters. The van der Waals surface area contributed by atoms with Gasteiger partial charge in [0.05, 0.1) is 13.6 Å². The lowest BCUT2D eigenvalue weighted by atomic mass is 10.1. The zero-order valence-corrected chi connectivity index (χ0v) is 20.2. The number of Topliss-reactive ketones (excluding diaryl/α,β-unsaturated/α-hetero) is 1. The van der Waals surface area contributed by atoms with Crippen LogP contribution in [0.15, 0.2) is 60.7 Å². The van der Waals surface area contributed by atoms with Crippen molar-refractivity contribution < 1.29 is 28.3 Å². The lowest BCUT2D eigenvalue weighted by Crippen LogP contribution is -2.46. The number of carbonyl (C=O) groups is 3. The predicted molar refractivity (Wildman–Crippen MR) is 128 cm³/mol. The molecule has 0 bridgehead atoms. The molecule has 2 atom stereocenters. The van der Waals surface area contributed by atoms with E-state index in [-0.39, 0.29) is 17.9 Å². The number of ketones is 1. The highest BCUT2D eigenvalue weighted by Gasteiger charge is 2.38. The molecule has 0 spiro atoms. The Labute approximate surface area is 196 Å². The molecular weight excluding hydrogens is 420 g/mol. The summed E-state index contributed by atoms with van der Waals surface area (Å²) in [5.41, 5.74) is 1.03. The normalized spacial score (nSPS) is 19.6. The molecule has 1 heterocycles. The molecule has 1 amide bonds. The van der Waals surface area contributed by atoms with Gasteiger partial charge in [0.2, 0.25) is 5.78 Å². The van der Waals surface area contributed by atoms with Crippen LogP contribution in [0.25, 0.3) is 0 Å². The van der Waals surface area contributed by atoms with Crippen LogP contribution in [0.2, 0.25) is 0 Å². The number of amides is 1. The minimum Gasteiger partial charge on any atom is -0.456 e. The van der Waals surface area contributed by atoms with Crippen LogP contribution in [0.5, 0.6) is 0 Å². The molecule has 1 aliphatic heterocycles. The summed E-state index contributed by atoms with van der Waals surface area (Å²) >= 11 is 0. The van der Waals surface area contributed by atoms with Crippen LogP contribution in [0.1, 0.15) is 44.5 Å². The van der Waals surface area contributed by atoms with Crippen molar-refractivity contribution in [3.8, 4) is 0 Å². The molecule has 7 heteroatoms. The largest absolute Gasteiger partial charge is 0.456 e. The van der Waals surface area contributed by atoms with Gasteiger partial charge >= 0.3 is 12.1 Å². The average molecular weight is 456 g/mol. The Morgan fingerprint density at radius 2 is 1.58 bits per heavy atom. The number of carbonyl (C=O) groups excluding carboxylic acids is 3. The Morgan fingerprint density at radius 3 is 2.12 bits per heavy atom. The molecule has 1 fully saturated rings. The zero-order chi connectivity index (χ0) is 24.5. The summed E-state index contributed by atoms with van der Waals surface area (Å²) in [5.74, 6) is -0.0978. The molecule has 1 N–H and O–H groups in total. The fourth-order valence-electron chi connectivity index (χ4n) is 3.61. The standard InChI is InChI=1S/C15H20NO3.C11H15NO2/c1-12(17)19-14-8-9-16(2,10-14)11-15(18)13-6-4-3-5-7-13;1-11(2,3)14-10(13)12-9-7-5-4-6-8-9/h3-7,14H,8-11H2,1-2H3;4-8H,1-3H3,(H,12,13)/q+1;/t14-,16?;/m1./s1. The first-order chi connectivity index (χ1) is 15.5. The first kappa shape index (κ1) is 26.1. The maximum Gasteiger partial charge on any atom is 0.412 e. The van der Waals surface area contributed by atoms with Gasteiger partial charge in [-0.05, 0) is 32.9 Å². The SMILES string of the molecule is CC(=O)O[C@@H]1CC[N+](C)(CC(=O)c2ccccc2)C1.CC(C)(C)OC(=O)Nc1ccccc1. The van der Waals surface area contributed by atoms with E-state index >= 15 is 0 Å². The van der Waals surface area contributed by atoms with E-state index in [1.165, 1.54) is 6.92 Å². The number of hydrogen-bond acceptors (Lipinski definition) is 5. The van der Waals surface area contributed by atoms with Gasteiger partial charge in [0, 0.05) is 24.6 Å². The third-order valence-corrected chi connectivity index (χ3v) is 5.01. The molecule has 0 radical (unpaired) electrons. The number of benzene rings is 2. The van der Waals surface area contributed by atoms with E-state index in [0.717, 1.165) is 30.8 Å². The molecule has 2 aromatic carbocycles. The number of hydrogen-bond donors (Lipinski definition) is 1. The van der Waals surface area contributed by atoms with Crippen molar-refractivity contribution >= 4 is 23.5 Å². The monoisotopic (exact) mass is 455 g/mol. The van der Waals surface area contributed by atoms with Gasteiger partial charge < -0.3 is 14.0 Å². The Hall–Kier alpha value is -3.19. The van der Waals surface area contributed by atoms with E-state index in [4.69, 9.17) is 9.47 Å². The van der Waals surface area contributed by atoms with Crippen LogP contribution in [-0.4, -0.2) is 60.7 Å². The van der Waals surface area contributed by atoms with Crippen LogP contribution in [-0.2, 0) is 14.3 Å². The van der Waals surface area contributed by atoms with Gasteiger partial charge in [-0.2, -0.15) is 0 Å². The highest BCUT2D eigenvalue weighted by molar-refractivity contribution is 5.96. The van der Waals surface area contributed by atoms with E-state index in [9.17, 15) is 14.4 Å². The molecule has 1 aliphatic rings. The molecule has 7 nitrogen and oxygen atoms in total. The average Bonchev–Trinajstić information content (AvgIpc) is 3.07. The highest BCUT2D eigenvalue weighted by atomic mass is 16.6. The first-order valence-corrected chi connectivity index (χ1v) is 11.1. The number of likely N-dealkylation sites (N-methyl/N-ethyl adjacent to an activating group) is 1. The summed E-state index contributed by atoms with van der Waals surface area (Å²) < 4.78 is 11.0.